The fourth-order valence-corrected chi connectivity index (χ4v) is 4.30. The molecule has 0 spiro atoms. The van der Waals surface area contributed by atoms with Crippen molar-refractivity contribution < 1.29 is 4.74 Å². The van der Waals surface area contributed by atoms with Gasteiger partial charge in [0, 0.05) is 24.8 Å². The Labute approximate surface area is 194 Å². The van der Waals surface area contributed by atoms with E-state index in [1.807, 2.05) is 24.3 Å². The van der Waals surface area contributed by atoms with Gasteiger partial charge in [0.1, 0.15) is 12.4 Å². The standard InChI is InChI=1S/C27H40N4O/c1-5-23-12-8-9-17-30(23)26(29)31(20-27(3,4)19-28)24-13-15-25(16-14-24)32-18-22-11-7-6-10-21(22)2/h6-7,10-11,13-16,23,29H,5,8-9,12,17-20,28H2,1-4H3. The molecule has 1 aliphatic heterocycles. The number of likely N-dealkylation sites (tertiary alicyclic amines) is 1. The second kappa shape index (κ2) is 10.9. The third-order valence-corrected chi connectivity index (χ3v) is 6.57. The number of nitrogens with one attached hydrogen (secondary N) is 1. The van der Waals surface area contributed by atoms with Crippen molar-refractivity contribution in [2.75, 3.05) is 24.5 Å². The van der Waals surface area contributed by atoms with E-state index in [2.05, 4.69) is 61.8 Å². The maximum absolute atomic E-state index is 9.12. The van der Waals surface area contributed by atoms with Gasteiger partial charge in [-0.15, -0.1) is 0 Å². The molecule has 5 nitrogen and oxygen atoms in total. The van der Waals surface area contributed by atoms with Gasteiger partial charge in [-0.3, -0.25) is 5.41 Å². The molecule has 1 heterocycles. The predicted octanol–water partition coefficient (Wildman–Crippen LogP) is 5.56. The number of hydrogen-bond donors (Lipinski definition) is 2. The van der Waals surface area contributed by atoms with E-state index in [1.165, 1.54) is 24.0 Å². The zero-order valence-electron chi connectivity index (χ0n) is 20.2. The normalized spacial score (nSPS) is 16.7. The van der Waals surface area contributed by atoms with Crippen LogP contribution in [0.25, 0.3) is 0 Å². The Balaban J connectivity index is 1.78. The topological polar surface area (TPSA) is 65.6 Å². The van der Waals surface area contributed by atoms with E-state index in [0.717, 1.165) is 30.8 Å². The number of rotatable bonds is 8. The molecule has 0 aliphatic carbocycles. The molecule has 2 aromatic carbocycles. The monoisotopic (exact) mass is 436 g/mol. The van der Waals surface area contributed by atoms with Gasteiger partial charge >= 0.3 is 0 Å². The third kappa shape index (κ3) is 6.04. The molecule has 5 heteroatoms. The molecule has 1 aliphatic rings. The number of anilines is 1. The molecule has 0 bridgehead atoms. The molecule has 0 radical (unpaired) electrons. The summed E-state index contributed by atoms with van der Waals surface area (Å²) in [5, 5.41) is 9.12. The maximum atomic E-state index is 9.12. The van der Waals surface area contributed by atoms with Gasteiger partial charge in [0.05, 0.1) is 0 Å². The van der Waals surface area contributed by atoms with Crippen molar-refractivity contribution in [1.82, 2.24) is 4.90 Å². The molecule has 0 saturated carbocycles. The second-order valence-corrected chi connectivity index (χ2v) is 9.74. The van der Waals surface area contributed by atoms with Crippen LogP contribution in [-0.4, -0.2) is 36.5 Å². The molecule has 174 valence electrons. The van der Waals surface area contributed by atoms with Crippen LogP contribution in [0.5, 0.6) is 5.75 Å². The van der Waals surface area contributed by atoms with Gasteiger partial charge in [-0.05, 0) is 80.0 Å². The number of nitrogens with two attached hydrogens (primary N) is 1. The van der Waals surface area contributed by atoms with Gasteiger partial charge in [0.15, 0.2) is 5.96 Å². The minimum Gasteiger partial charge on any atom is -0.489 e. The molecule has 32 heavy (non-hydrogen) atoms. The summed E-state index contributed by atoms with van der Waals surface area (Å²) in [6, 6.07) is 16.9. The second-order valence-electron chi connectivity index (χ2n) is 9.74. The largest absolute Gasteiger partial charge is 0.489 e. The lowest BCUT2D eigenvalue weighted by atomic mass is 9.92. The summed E-state index contributed by atoms with van der Waals surface area (Å²) >= 11 is 0. The summed E-state index contributed by atoms with van der Waals surface area (Å²) in [6.07, 6.45) is 4.64. The molecule has 2 aromatic rings. The summed E-state index contributed by atoms with van der Waals surface area (Å²) < 4.78 is 6.04. The Morgan fingerprint density at radius 1 is 1.16 bits per heavy atom. The Morgan fingerprint density at radius 2 is 1.88 bits per heavy atom. The highest BCUT2D eigenvalue weighted by Gasteiger charge is 2.30. The summed E-state index contributed by atoms with van der Waals surface area (Å²) in [5.74, 6) is 1.43. The predicted molar refractivity (Wildman–Crippen MR) is 134 cm³/mol. The van der Waals surface area contributed by atoms with E-state index in [1.54, 1.807) is 0 Å². The average molecular weight is 437 g/mol. The number of hydrogen-bond acceptors (Lipinski definition) is 3. The fraction of sp³-hybridized carbons (Fsp3) is 0.519. The molecule has 3 N–H and O–H groups in total. The van der Waals surface area contributed by atoms with E-state index < -0.39 is 0 Å². The lowest BCUT2D eigenvalue weighted by Crippen LogP contribution is -2.53. The van der Waals surface area contributed by atoms with Crippen molar-refractivity contribution in [2.45, 2.75) is 66.0 Å². The van der Waals surface area contributed by atoms with Crippen molar-refractivity contribution >= 4 is 11.6 Å². The van der Waals surface area contributed by atoms with Crippen LogP contribution in [0.2, 0.25) is 0 Å². The van der Waals surface area contributed by atoms with Gasteiger partial charge in [-0.2, -0.15) is 0 Å². The Hall–Kier alpha value is -2.53. The third-order valence-electron chi connectivity index (χ3n) is 6.57. The molecule has 1 fully saturated rings. The van der Waals surface area contributed by atoms with Crippen molar-refractivity contribution in [3.63, 3.8) is 0 Å². The van der Waals surface area contributed by atoms with Gasteiger partial charge < -0.3 is 20.3 Å². The quantitative estimate of drug-likeness (QED) is 0.420. The van der Waals surface area contributed by atoms with Gasteiger partial charge in [-0.1, -0.05) is 45.0 Å². The van der Waals surface area contributed by atoms with E-state index in [-0.39, 0.29) is 5.41 Å². The van der Waals surface area contributed by atoms with Crippen LogP contribution in [0.3, 0.4) is 0 Å². The summed E-state index contributed by atoms with van der Waals surface area (Å²) in [4.78, 5) is 4.42. The zero-order chi connectivity index (χ0) is 23.1. The maximum Gasteiger partial charge on any atom is 0.198 e. The van der Waals surface area contributed by atoms with Gasteiger partial charge in [0.2, 0.25) is 0 Å². The number of benzene rings is 2. The number of ether oxygens (including phenoxy) is 1. The van der Waals surface area contributed by atoms with Crippen LogP contribution in [0.1, 0.15) is 57.6 Å². The lowest BCUT2D eigenvalue weighted by Gasteiger charge is -2.43. The number of guanidine groups is 1. The molecular weight excluding hydrogens is 396 g/mol. The first kappa shape index (κ1) is 24.1. The van der Waals surface area contributed by atoms with E-state index in [9.17, 15) is 0 Å². The van der Waals surface area contributed by atoms with Gasteiger partial charge in [-0.25, -0.2) is 0 Å². The van der Waals surface area contributed by atoms with Crippen LogP contribution in [-0.2, 0) is 6.61 Å². The first-order valence-electron chi connectivity index (χ1n) is 11.9. The summed E-state index contributed by atoms with van der Waals surface area (Å²) in [5.41, 5.74) is 9.42. The van der Waals surface area contributed by atoms with E-state index in [0.29, 0.717) is 31.7 Å². The molecule has 1 unspecified atom stereocenters. The average Bonchev–Trinajstić information content (AvgIpc) is 2.82. The lowest BCUT2D eigenvalue weighted by molar-refractivity contribution is 0.228. The SMILES string of the molecule is CCC1CCCCN1C(=N)N(CC(C)(C)CN)c1ccc(OCc2ccccc2C)cc1. The Bertz CT molecular complexity index is 877. The Morgan fingerprint density at radius 3 is 2.53 bits per heavy atom. The highest BCUT2D eigenvalue weighted by molar-refractivity contribution is 5.94. The van der Waals surface area contributed by atoms with Crippen molar-refractivity contribution in [3.05, 3.63) is 59.7 Å². The number of nitrogens with zero attached hydrogens (tertiary/aromatic N) is 2. The summed E-state index contributed by atoms with van der Waals surface area (Å²) in [7, 11) is 0. The fourth-order valence-electron chi connectivity index (χ4n) is 4.30. The molecule has 3 rings (SSSR count). The van der Waals surface area contributed by atoms with Crippen molar-refractivity contribution in [3.8, 4) is 5.75 Å². The van der Waals surface area contributed by atoms with Crippen LogP contribution in [0, 0.1) is 17.7 Å². The minimum absolute atomic E-state index is 0.0934. The van der Waals surface area contributed by atoms with Crippen molar-refractivity contribution in [2.24, 2.45) is 11.1 Å². The van der Waals surface area contributed by atoms with E-state index >= 15 is 0 Å². The van der Waals surface area contributed by atoms with Crippen LogP contribution < -0.4 is 15.4 Å². The zero-order valence-corrected chi connectivity index (χ0v) is 20.2. The smallest absolute Gasteiger partial charge is 0.198 e. The Kier molecular flexibility index (Phi) is 8.19. The number of aryl methyl sites for hydroxylation is 1. The van der Waals surface area contributed by atoms with E-state index in [4.69, 9.17) is 15.9 Å². The highest BCUT2D eigenvalue weighted by atomic mass is 16.5. The molecule has 0 amide bonds. The first-order valence-corrected chi connectivity index (χ1v) is 11.9. The van der Waals surface area contributed by atoms with Crippen LogP contribution in [0.4, 0.5) is 5.69 Å². The highest BCUT2D eigenvalue weighted by Crippen LogP contribution is 2.28. The van der Waals surface area contributed by atoms with Crippen molar-refractivity contribution in [1.29, 1.82) is 5.41 Å². The minimum atomic E-state index is -0.0934. The van der Waals surface area contributed by atoms with Crippen LogP contribution >= 0.6 is 0 Å². The molecular formula is C27H40N4O. The van der Waals surface area contributed by atoms with Gasteiger partial charge in [0.25, 0.3) is 0 Å². The molecule has 0 aromatic heterocycles. The summed E-state index contributed by atoms with van der Waals surface area (Å²) in [6.45, 7) is 11.5. The molecule has 1 atom stereocenters. The first-order chi connectivity index (χ1) is 15.3. The molecule has 1 saturated heterocycles. The number of piperidine rings is 1. The van der Waals surface area contributed by atoms with Crippen LogP contribution in [0.15, 0.2) is 48.5 Å².